The topological polar surface area (TPSA) is 66.8 Å². The molecule has 0 radical (unpaired) electrons. The van der Waals surface area contributed by atoms with Crippen molar-refractivity contribution in [1.29, 1.82) is 0 Å². The predicted octanol–water partition coefficient (Wildman–Crippen LogP) is 5.87. The number of rotatable bonds is 6. The van der Waals surface area contributed by atoms with Crippen LogP contribution in [0.5, 0.6) is 5.75 Å². The van der Waals surface area contributed by atoms with Gasteiger partial charge in [0.15, 0.2) is 0 Å². The number of likely N-dealkylation sites (tertiary alicyclic amines) is 1. The van der Waals surface area contributed by atoms with E-state index in [4.69, 9.17) is 16.3 Å². The fourth-order valence-corrected chi connectivity index (χ4v) is 4.15. The molecule has 1 aliphatic rings. The summed E-state index contributed by atoms with van der Waals surface area (Å²) in [5, 5.41) is 11.9. The first-order chi connectivity index (χ1) is 15.1. The minimum absolute atomic E-state index is 0.0958. The molecule has 0 bridgehead atoms. The standard InChI is InChI=1S/C26H30ClNO4/c1-6-7-14-28-22(16-8-11-18(27)12-9-16)21(24(30)25(28)31)23(29)17-10-13-20(32-5)19(15-17)26(2,3)4/h8-13,15,22,29H,6-7,14H2,1-5H3/b23-21-. The first kappa shape index (κ1) is 23.9. The van der Waals surface area contributed by atoms with Crippen molar-refractivity contribution < 1.29 is 19.4 Å². The van der Waals surface area contributed by atoms with Crippen molar-refractivity contribution in [2.75, 3.05) is 13.7 Å². The molecule has 2 aromatic carbocycles. The monoisotopic (exact) mass is 455 g/mol. The van der Waals surface area contributed by atoms with E-state index in [2.05, 4.69) is 0 Å². The molecule has 1 saturated heterocycles. The van der Waals surface area contributed by atoms with Gasteiger partial charge in [0.2, 0.25) is 0 Å². The van der Waals surface area contributed by atoms with Crippen molar-refractivity contribution in [1.82, 2.24) is 4.90 Å². The summed E-state index contributed by atoms with van der Waals surface area (Å²) in [5.41, 5.74) is 1.95. The van der Waals surface area contributed by atoms with E-state index < -0.39 is 17.7 Å². The lowest BCUT2D eigenvalue weighted by Gasteiger charge is -2.26. The summed E-state index contributed by atoms with van der Waals surface area (Å²) in [4.78, 5) is 27.6. The zero-order valence-electron chi connectivity index (χ0n) is 19.2. The molecule has 0 aromatic heterocycles. The van der Waals surface area contributed by atoms with Crippen LogP contribution in [0, 0.1) is 0 Å². The molecule has 1 heterocycles. The predicted molar refractivity (Wildman–Crippen MR) is 127 cm³/mol. The van der Waals surface area contributed by atoms with E-state index in [0.717, 1.165) is 24.0 Å². The minimum atomic E-state index is -0.674. The van der Waals surface area contributed by atoms with Gasteiger partial charge in [0.25, 0.3) is 11.7 Å². The summed E-state index contributed by atoms with van der Waals surface area (Å²) in [6, 6.07) is 11.7. The first-order valence-electron chi connectivity index (χ1n) is 10.8. The summed E-state index contributed by atoms with van der Waals surface area (Å²) >= 11 is 6.06. The van der Waals surface area contributed by atoms with Gasteiger partial charge >= 0.3 is 0 Å². The number of amides is 1. The Morgan fingerprint density at radius 3 is 2.34 bits per heavy atom. The number of hydrogen-bond acceptors (Lipinski definition) is 4. The van der Waals surface area contributed by atoms with E-state index >= 15 is 0 Å². The Labute approximate surface area is 194 Å². The van der Waals surface area contributed by atoms with Crippen LogP contribution in [0.25, 0.3) is 5.76 Å². The smallest absolute Gasteiger partial charge is 0.295 e. The Hall–Kier alpha value is -2.79. The molecule has 32 heavy (non-hydrogen) atoms. The van der Waals surface area contributed by atoms with Crippen molar-refractivity contribution in [3.05, 3.63) is 69.8 Å². The van der Waals surface area contributed by atoms with Gasteiger partial charge in [0, 0.05) is 22.7 Å². The summed E-state index contributed by atoms with van der Waals surface area (Å²) in [6.45, 7) is 8.60. The highest BCUT2D eigenvalue weighted by molar-refractivity contribution is 6.46. The zero-order valence-corrected chi connectivity index (χ0v) is 20.0. The van der Waals surface area contributed by atoms with Gasteiger partial charge in [-0.25, -0.2) is 0 Å². The van der Waals surface area contributed by atoms with E-state index in [-0.39, 0.29) is 16.7 Å². The highest BCUT2D eigenvalue weighted by Crippen LogP contribution is 2.41. The van der Waals surface area contributed by atoms with Crippen molar-refractivity contribution in [2.45, 2.75) is 52.0 Å². The van der Waals surface area contributed by atoms with Gasteiger partial charge < -0.3 is 14.7 Å². The van der Waals surface area contributed by atoms with Gasteiger partial charge in [-0.3, -0.25) is 9.59 Å². The Kier molecular flexibility index (Phi) is 6.99. The number of Topliss-reactive ketones (excluding diaryl/α,β-unsaturated/α-hetero) is 1. The molecule has 1 aliphatic heterocycles. The molecule has 170 valence electrons. The number of unbranched alkanes of at least 4 members (excludes halogenated alkanes) is 1. The summed E-state index contributed by atoms with van der Waals surface area (Å²) < 4.78 is 5.49. The fraction of sp³-hybridized carbons (Fsp3) is 0.385. The quantitative estimate of drug-likeness (QED) is 0.336. The fourth-order valence-electron chi connectivity index (χ4n) is 4.03. The number of ether oxygens (including phenoxy) is 1. The molecule has 1 fully saturated rings. The van der Waals surface area contributed by atoms with Gasteiger partial charge in [0.05, 0.1) is 18.7 Å². The number of carbonyl (C=O) groups is 2. The van der Waals surface area contributed by atoms with Gasteiger partial charge in [0.1, 0.15) is 11.5 Å². The van der Waals surface area contributed by atoms with Gasteiger partial charge in [-0.2, -0.15) is 0 Å². The number of nitrogens with zero attached hydrogens (tertiary/aromatic N) is 1. The maximum Gasteiger partial charge on any atom is 0.295 e. The van der Waals surface area contributed by atoms with E-state index in [1.807, 2.05) is 33.8 Å². The average Bonchev–Trinajstić information content (AvgIpc) is 3.01. The molecule has 1 amide bonds. The Bertz CT molecular complexity index is 1050. The third-order valence-corrected chi connectivity index (χ3v) is 6.01. The highest BCUT2D eigenvalue weighted by atomic mass is 35.5. The van der Waals surface area contributed by atoms with Crippen LogP contribution in [-0.4, -0.2) is 35.4 Å². The molecular weight excluding hydrogens is 426 g/mol. The van der Waals surface area contributed by atoms with Crippen molar-refractivity contribution >= 4 is 29.1 Å². The second-order valence-electron chi connectivity index (χ2n) is 9.06. The number of halogens is 1. The molecule has 5 nitrogen and oxygen atoms in total. The average molecular weight is 456 g/mol. The minimum Gasteiger partial charge on any atom is -0.507 e. The molecule has 2 aromatic rings. The van der Waals surface area contributed by atoms with Gasteiger partial charge in [-0.15, -0.1) is 0 Å². The Morgan fingerprint density at radius 1 is 1.12 bits per heavy atom. The Morgan fingerprint density at radius 2 is 1.78 bits per heavy atom. The molecule has 1 unspecified atom stereocenters. The third-order valence-electron chi connectivity index (χ3n) is 5.76. The molecule has 6 heteroatoms. The normalized spacial score (nSPS) is 18.3. The molecule has 3 rings (SSSR count). The van der Waals surface area contributed by atoms with Crippen LogP contribution >= 0.6 is 11.6 Å². The van der Waals surface area contributed by atoms with Gasteiger partial charge in [-0.05, 0) is 47.7 Å². The lowest BCUT2D eigenvalue weighted by molar-refractivity contribution is -0.139. The Balaban J connectivity index is 2.20. The molecule has 1 N–H and O–H groups in total. The van der Waals surface area contributed by atoms with Crippen LogP contribution in [0.1, 0.15) is 63.3 Å². The SMILES string of the molecule is CCCCN1C(=O)C(=O)/C(=C(\O)c2ccc(OC)c(C(C)(C)C)c2)C1c1ccc(Cl)cc1. The maximum atomic E-state index is 13.1. The number of carbonyl (C=O) groups excluding carboxylic acids is 2. The number of benzene rings is 2. The van der Waals surface area contributed by atoms with Crippen LogP contribution in [0.2, 0.25) is 5.02 Å². The van der Waals surface area contributed by atoms with Crippen LogP contribution < -0.4 is 4.74 Å². The molecule has 0 aliphatic carbocycles. The number of aliphatic hydroxyl groups is 1. The molecule has 0 saturated carbocycles. The second-order valence-corrected chi connectivity index (χ2v) is 9.50. The zero-order chi connectivity index (χ0) is 23.6. The van der Waals surface area contributed by atoms with Crippen LogP contribution in [0.15, 0.2) is 48.0 Å². The number of hydrogen-bond donors (Lipinski definition) is 1. The number of ketones is 1. The third kappa shape index (κ3) is 4.53. The number of aliphatic hydroxyl groups excluding tert-OH is 1. The first-order valence-corrected chi connectivity index (χ1v) is 11.2. The maximum absolute atomic E-state index is 13.1. The van der Waals surface area contributed by atoms with Crippen molar-refractivity contribution in [3.8, 4) is 5.75 Å². The second kappa shape index (κ2) is 9.37. The molecular formula is C26H30ClNO4. The molecule has 1 atom stereocenters. The largest absolute Gasteiger partial charge is 0.507 e. The highest BCUT2D eigenvalue weighted by Gasteiger charge is 2.45. The van der Waals surface area contributed by atoms with Crippen LogP contribution in [0.3, 0.4) is 0 Å². The number of methoxy groups -OCH3 is 1. The van der Waals surface area contributed by atoms with E-state index in [0.29, 0.717) is 22.9 Å². The summed E-state index contributed by atoms with van der Waals surface area (Å²) in [6.07, 6.45) is 1.64. The van der Waals surface area contributed by atoms with Crippen LogP contribution in [-0.2, 0) is 15.0 Å². The summed E-state index contributed by atoms with van der Waals surface area (Å²) in [7, 11) is 1.60. The van der Waals surface area contributed by atoms with E-state index in [9.17, 15) is 14.7 Å². The molecule has 0 spiro atoms. The summed E-state index contributed by atoms with van der Waals surface area (Å²) in [5.74, 6) is -0.752. The van der Waals surface area contributed by atoms with E-state index in [1.54, 1.807) is 48.4 Å². The van der Waals surface area contributed by atoms with E-state index in [1.165, 1.54) is 0 Å². The van der Waals surface area contributed by atoms with Crippen LogP contribution in [0.4, 0.5) is 0 Å². The van der Waals surface area contributed by atoms with Gasteiger partial charge in [-0.1, -0.05) is 57.8 Å². The lowest BCUT2D eigenvalue weighted by atomic mass is 9.84. The lowest BCUT2D eigenvalue weighted by Crippen LogP contribution is -2.30. The van der Waals surface area contributed by atoms with Crippen molar-refractivity contribution in [3.63, 3.8) is 0 Å². The van der Waals surface area contributed by atoms with Crippen molar-refractivity contribution in [2.24, 2.45) is 0 Å².